The van der Waals surface area contributed by atoms with Crippen molar-refractivity contribution in [3.05, 3.63) is 34.4 Å². The number of nitrogens with one attached hydrogen (secondary N) is 1. The van der Waals surface area contributed by atoms with E-state index in [0.717, 1.165) is 23.1 Å². The molecule has 23 heavy (non-hydrogen) atoms. The van der Waals surface area contributed by atoms with Gasteiger partial charge in [0.1, 0.15) is 0 Å². The van der Waals surface area contributed by atoms with E-state index >= 15 is 0 Å². The van der Waals surface area contributed by atoms with Gasteiger partial charge in [-0.05, 0) is 24.6 Å². The van der Waals surface area contributed by atoms with Gasteiger partial charge in [0.25, 0.3) is 0 Å². The molecule has 0 bridgehead atoms. The fourth-order valence-electron chi connectivity index (χ4n) is 2.58. The van der Waals surface area contributed by atoms with Crippen molar-refractivity contribution in [3.8, 4) is 0 Å². The molecule has 1 aliphatic rings. The predicted molar refractivity (Wildman–Crippen MR) is 93.7 cm³/mol. The van der Waals surface area contributed by atoms with E-state index in [1.54, 1.807) is 20.0 Å². The number of amides is 1. The lowest BCUT2D eigenvalue weighted by atomic mass is 9.96. The molecule has 1 heterocycles. The Morgan fingerprint density at radius 2 is 2.22 bits per heavy atom. The van der Waals surface area contributed by atoms with Gasteiger partial charge in [-0.15, -0.1) is 0 Å². The Bertz CT molecular complexity index is 695. The molecule has 0 aliphatic carbocycles. The predicted octanol–water partition coefficient (Wildman–Crippen LogP) is 3.35. The summed E-state index contributed by atoms with van der Waals surface area (Å²) in [5.41, 5.74) is 3.72. The Balaban J connectivity index is 2.45. The van der Waals surface area contributed by atoms with Gasteiger partial charge in [0.05, 0.1) is 12.3 Å². The fourth-order valence-corrected chi connectivity index (χ4v) is 2.75. The summed E-state index contributed by atoms with van der Waals surface area (Å²) in [5.74, 6) is -0.0368. The lowest BCUT2D eigenvalue weighted by molar-refractivity contribution is -0.130. The van der Waals surface area contributed by atoms with Crippen molar-refractivity contribution < 1.29 is 9.59 Å². The van der Waals surface area contributed by atoms with E-state index in [0.29, 0.717) is 35.7 Å². The van der Waals surface area contributed by atoms with Crippen LogP contribution in [0.5, 0.6) is 0 Å². The first-order chi connectivity index (χ1) is 11.0. The summed E-state index contributed by atoms with van der Waals surface area (Å²) in [6, 6.07) is 5.47. The summed E-state index contributed by atoms with van der Waals surface area (Å²) >= 11 is 6.02. The summed E-state index contributed by atoms with van der Waals surface area (Å²) in [5, 5.41) is 9.46. The van der Waals surface area contributed by atoms with Crippen molar-refractivity contribution in [2.75, 3.05) is 18.9 Å². The van der Waals surface area contributed by atoms with E-state index < -0.39 is 0 Å². The Morgan fingerprint density at radius 1 is 1.48 bits per heavy atom. The van der Waals surface area contributed by atoms with E-state index in [1.165, 1.54) is 5.01 Å². The van der Waals surface area contributed by atoms with Crippen LogP contribution in [0.15, 0.2) is 28.9 Å². The van der Waals surface area contributed by atoms with Gasteiger partial charge >= 0.3 is 0 Å². The highest BCUT2D eigenvalue weighted by atomic mass is 35.5. The van der Waals surface area contributed by atoms with Crippen LogP contribution in [0.1, 0.15) is 32.3 Å². The number of carbonyl (C=O) groups is 2. The third kappa shape index (κ3) is 3.62. The molecule has 5 nitrogen and oxygen atoms in total. The third-order valence-electron chi connectivity index (χ3n) is 3.88. The maximum absolute atomic E-state index is 11.7. The molecule has 1 N–H and O–H groups in total. The van der Waals surface area contributed by atoms with Crippen LogP contribution in [0.3, 0.4) is 0 Å². The molecule has 1 aromatic carbocycles. The average molecular weight is 334 g/mol. The van der Waals surface area contributed by atoms with E-state index in [4.69, 9.17) is 11.6 Å². The zero-order valence-corrected chi connectivity index (χ0v) is 14.3. The Labute approximate surface area is 141 Å². The van der Waals surface area contributed by atoms with Gasteiger partial charge in [0.2, 0.25) is 5.91 Å². The molecule has 0 aromatic heterocycles. The standard InChI is InChI=1S/C17H20ClN3O2/c1-4-17(23)21-8-7-15(20-21)14(10-22)11(2)13-6-5-12(18)9-16(13)19-3/h5-6,9-10,19H,4,7-8H2,1-3H3/b14-11+. The lowest BCUT2D eigenvalue weighted by Crippen LogP contribution is -2.21. The Kier molecular flexibility index (Phi) is 5.55. The number of carbonyl (C=O) groups excluding carboxylic acids is 2. The average Bonchev–Trinajstić information content (AvgIpc) is 3.04. The van der Waals surface area contributed by atoms with Gasteiger partial charge in [-0.25, -0.2) is 5.01 Å². The monoisotopic (exact) mass is 333 g/mol. The molecule has 0 spiro atoms. The number of anilines is 1. The zero-order chi connectivity index (χ0) is 17.0. The molecule has 1 aromatic rings. The van der Waals surface area contributed by atoms with Crippen LogP contribution >= 0.6 is 11.6 Å². The second kappa shape index (κ2) is 7.42. The molecule has 2 rings (SSSR count). The molecule has 0 atom stereocenters. The number of halogens is 1. The number of benzene rings is 1. The summed E-state index contributed by atoms with van der Waals surface area (Å²) in [7, 11) is 1.80. The van der Waals surface area contributed by atoms with Crippen molar-refractivity contribution in [2.24, 2.45) is 5.10 Å². The summed E-state index contributed by atoms with van der Waals surface area (Å²) in [4.78, 5) is 23.4. The van der Waals surface area contributed by atoms with Gasteiger partial charge in [0, 0.05) is 41.7 Å². The van der Waals surface area contributed by atoms with Gasteiger partial charge in [0.15, 0.2) is 6.29 Å². The third-order valence-corrected chi connectivity index (χ3v) is 4.11. The highest BCUT2D eigenvalue weighted by Crippen LogP contribution is 2.30. The van der Waals surface area contributed by atoms with E-state index in [2.05, 4.69) is 10.4 Å². The van der Waals surface area contributed by atoms with Crippen LogP contribution in [0.2, 0.25) is 5.02 Å². The summed E-state index contributed by atoms with van der Waals surface area (Å²) in [6.45, 7) is 4.19. The molecule has 0 saturated carbocycles. The first kappa shape index (κ1) is 17.2. The molecular formula is C17H20ClN3O2. The van der Waals surface area contributed by atoms with Crippen molar-refractivity contribution in [1.29, 1.82) is 0 Å². The topological polar surface area (TPSA) is 61.8 Å². The van der Waals surface area contributed by atoms with Crippen molar-refractivity contribution >= 4 is 40.8 Å². The van der Waals surface area contributed by atoms with Crippen LogP contribution in [0, 0.1) is 0 Å². The van der Waals surface area contributed by atoms with Crippen molar-refractivity contribution in [3.63, 3.8) is 0 Å². The van der Waals surface area contributed by atoms with Crippen molar-refractivity contribution in [1.82, 2.24) is 5.01 Å². The van der Waals surface area contributed by atoms with E-state index in [9.17, 15) is 9.59 Å². The minimum Gasteiger partial charge on any atom is -0.388 e. The second-order valence-corrected chi connectivity index (χ2v) is 5.70. The molecule has 1 amide bonds. The summed E-state index contributed by atoms with van der Waals surface area (Å²) in [6.07, 6.45) is 1.79. The molecule has 0 saturated heterocycles. The molecule has 1 aliphatic heterocycles. The van der Waals surface area contributed by atoms with Gasteiger partial charge in [-0.1, -0.05) is 24.6 Å². The van der Waals surface area contributed by atoms with E-state index in [-0.39, 0.29) is 5.91 Å². The molecular weight excluding hydrogens is 314 g/mol. The number of rotatable bonds is 5. The Morgan fingerprint density at radius 3 is 2.83 bits per heavy atom. The van der Waals surface area contributed by atoms with Crippen LogP contribution in [-0.4, -0.2) is 36.5 Å². The minimum absolute atomic E-state index is 0.0368. The number of allylic oxidation sites excluding steroid dienone is 2. The number of hydrazone groups is 1. The minimum atomic E-state index is -0.0368. The maximum atomic E-state index is 11.7. The highest BCUT2D eigenvalue weighted by Gasteiger charge is 2.23. The first-order valence-corrected chi connectivity index (χ1v) is 7.91. The normalized spacial score (nSPS) is 15.1. The molecule has 122 valence electrons. The van der Waals surface area contributed by atoms with Crippen molar-refractivity contribution in [2.45, 2.75) is 26.7 Å². The molecule has 0 fully saturated rings. The van der Waals surface area contributed by atoms with Crippen LogP contribution in [0.25, 0.3) is 5.57 Å². The number of aldehydes is 1. The van der Waals surface area contributed by atoms with Gasteiger partial charge < -0.3 is 5.32 Å². The number of hydrogen-bond acceptors (Lipinski definition) is 4. The van der Waals surface area contributed by atoms with Crippen LogP contribution < -0.4 is 5.32 Å². The zero-order valence-electron chi connectivity index (χ0n) is 13.5. The quantitative estimate of drug-likeness (QED) is 0.664. The number of nitrogens with zero attached hydrogens (tertiary/aromatic N) is 2. The highest BCUT2D eigenvalue weighted by molar-refractivity contribution is 6.31. The Hall–Kier alpha value is -2.14. The molecule has 6 heteroatoms. The molecule has 0 radical (unpaired) electrons. The fraction of sp³-hybridized carbons (Fsp3) is 0.353. The smallest absolute Gasteiger partial charge is 0.242 e. The lowest BCUT2D eigenvalue weighted by Gasteiger charge is -2.12. The number of hydrogen-bond donors (Lipinski definition) is 1. The largest absolute Gasteiger partial charge is 0.388 e. The van der Waals surface area contributed by atoms with Crippen LogP contribution in [-0.2, 0) is 9.59 Å². The SMILES string of the molecule is CCC(=O)N1CCC(/C(C=O)=C(\C)c2ccc(Cl)cc2NC)=N1. The second-order valence-electron chi connectivity index (χ2n) is 5.26. The molecule has 0 unspecified atom stereocenters. The first-order valence-electron chi connectivity index (χ1n) is 7.53. The van der Waals surface area contributed by atoms with Crippen LogP contribution in [0.4, 0.5) is 5.69 Å². The van der Waals surface area contributed by atoms with Gasteiger partial charge in [-0.3, -0.25) is 9.59 Å². The summed E-state index contributed by atoms with van der Waals surface area (Å²) < 4.78 is 0. The maximum Gasteiger partial charge on any atom is 0.242 e. The van der Waals surface area contributed by atoms with Gasteiger partial charge in [-0.2, -0.15) is 5.10 Å². The van der Waals surface area contributed by atoms with E-state index in [1.807, 2.05) is 19.1 Å².